The highest BCUT2D eigenvalue weighted by molar-refractivity contribution is 8.13. The molecule has 0 atom stereocenters. The molecule has 0 radical (unpaired) electrons. The molecule has 0 aliphatic heterocycles. The first-order valence-electron chi connectivity index (χ1n) is 5.59. The third kappa shape index (κ3) is 34.3. The van der Waals surface area contributed by atoms with E-state index in [0.717, 1.165) is 6.08 Å². The Labute approximate surface area is 154 Å². The summed E-state index contributed by atoms with van der Waals surface area (Å²) in [5.41, 5.74) is 0. The van der Waals surface area contributed by atoms with Crippen LogP contribution in [0.5, 0.6) is 0 Å². The van der Waals surface area contributed by atoms with Gasteiger partial charge >= 0.3 is 5.97 Å². The number of hydrogen-bond acceptors (Lipinski definition) is 6. The lowest BCUT2D eigenvalue weighted by Gasteiger charge is -1.97. The molecule has 0 amide bonds. The van der Waals surface area contributed by atoms with Gasteiger partial charge in [0.15, 0.2) is 9.84 Å². The van der Waals surface area contributed by atoms with Gasteiger partial charge in [0.1, 0.15) is 0 Å². The summed E-state index contributed by atoms with van der Waals surface area (Å²) in [4.78, 5) is 19.4. The van der Waals surface area contributed by atoms with Gasteiger partial charge in [-0.3, -0.25) is 9.59 Å². The van der Waals surface area contributed by atoms with Gasteiger partial charge in [-0.25, -0.2) is 16.8 Å². The van der Waals surface area contributed by atoms with Crippen LogP contribution in [-0.2, 0) is 28.5 Å². The summed E-state index contributed by atoms with van der Waals surface area (Å²) in [6.45, 7) is 3.08. The normalized spacial score (nSPS) is 10.4. The van der Waals surface area contributed by atoms with Gasteiger partial charge in [0.25, 0.3) is 0 Å². The van der Waals surface area contributed by atoms with Crippen LogP contribution in [0, 0.1) is 0 Å². The maximum absolute atomic E-state index is 10.8. The number of sulfone groups is 1. The van der Waals surface area contributed by atoms with Gasteiger partial charge in [0.2, 0.25) is 14.3 Å². The number of carbonyl (C=O) groups is 2. The maximum Gasteiger partial charge on any atom is 0.304 e. The molecule has 138 valence electrons. The smallest absolute Gasteiger partial charge is 0.304 e. The van der Waals surface area contributed by atoms with Crippen LogP contribution < -0.4 is 0 Å². The van der Waals surface area contributed by atoms with Gasteiger partial charge in [0.05, 0.1) is 23.7 Å². The lowest BCUT2D eigenvalue weighted by atomic mass is 10.5. The third-order valence-corrected chi connectivity index (χ3v) is 5.28. The van der Waals surface area contributed by atoms with Gasteiger partial charge in [-0.15, -0.1) is 23.2 Å². The summed E-state index contributed by atoms with van der Waals surface area (Å²) in [6.07, 6.45) is 0.695. The van der Waals surface area contributed by atoms with E-state index in [1.165, 1.54) is 0 Å². The van der Waals surface area contributed by atoms with Crippen molar-refractivity contribution in [2.24, 2.45) is 0 Å². The maximum atomic E-state index is 10.8. The molecule has 0 spiro atoms. The topological polar surface area (TPSA) is 123 Å². The van der Waals surface area contributed by atoms with E-state index in [1.807, 2.05) is 0 Å². The zero-order valence-electron chi connectivity index (χ0n) is 11.8. The zero-order chi connectivity index (χ0) is 19.1. The van der Waals surface area contributed by atoms with Crippen LogP contribution in [0.1, 0.15) is 6.42 Å². The van der Waals surface area contributed by atoms with Gasteiger partial charge < -0.3 is 5.11 Å². The Hall–Kier alpha value is -0.0600. The second-order valence-electron chi connectivity index (χ2n) is 3.42. The fourth-order valence-corrected chi connectivity index (χ4v) is 3.45. The SMILES string of the molecule is C=CC(=O)Cl.O=C(O)CCS(=O)(=O)CCCl.O=S(=O)(Cl)CCCl. The Bertz CT molecular complexity index is 558. The molecule has 0 bridgehead atoms. The van der Waals surface area contributed by atoms with Gasteiger partial charge in [0, 0.05) is 22.4 Å². The first-order valence-corrected chi connectivity index (χ1v) is 11.3. The monoisotopic (exact) mass is 452 g/mol. The van der Waals surface area contributed by atoms with E-state index < -0.39 is 30.1 Å². The van der Waals surface area contributed by atoms with Crippen LogP contribution in [0.3, 0.4) is 0 Å². The first kappa shape index (κ1) is 27.8. The van der Waals surface area contributed by atoms with Crippen LogP contribution in [0.4, 0.5) is 0 Å². The Kier molecular flexibility index (Phi) is 18.7. The highest BCUT2D eigenvalue weighted by Gasteiger charge is 2.11. The van der Waals surface area contributed by atoms with E-state index in [2.05, 4.69) is 6.58 Å². The van der Waals surface area contributed by atoms with Crippen molar-refractivity contribution >= 4 is 75.6 Å². The molecular weight excluding hydrogens is 438 g/mol. The second kappa shape index (κ2) is 15.5. The van der Waals surface area contributed by atoms with E-state index in [4.69, 9.17) is 50.6 Å². The molecule has 0 heterocycles. The minimum atomic E-state index is -3.33. The Balaban J connectivity index is -0.000000286. The van der Waals surface area contributed by atoms with E-state index in [0.29, 0.717) is 0 Å². The fourth-order valence-electron chi connectivity index (χ4n) is 0.555. The molecule has 0 saturated carbocycles. The van der Waals surface area contributed by atoms with Crippen molar-refractivity contribution in [2.45, 2.75) is 6.42 Å². The van der Waals surface area contributed by atoms with Crippen LogP contribution in [0.2, 0.25) is 0 Å². The van der Waals surface area contributed by atoms with Crippen molar-refractivity contribution in [3.63, 3.8) is 0 Å². The Morgan fingerprint density at radius 1 is 1.00 bits per heavy atom. The van der Waals surface area contributed by atoms with Gasteiger partial charge in [-0.1, -0.05) is 6.58 Å². The standard InChI is InChI=1S/C5H9ClO4S.C3H3ClO.C2H4Cl2O2S/c6-2-4-11(9,10)3-1-5(7)8;1-2-3(4)5;3-1-2-7(4,5)6/h1-4H2,(H,7,8);2H,1H2;1-2H2. The molecule has 0 unspecified atom stereocenters. The molecule has 23 heavy (non-hydrogen) atoms. The quantitative estimate of drug-likeness (QED) is 0.337. The number of halogens is 4. The largest absolute Gasteiger partial charge is 0.481 e. The van der Waals surface area contributed by atoms with Crippen LogP contribution in [0.15, 0.2) is 12.7 Å². The minimum Gasteiger partial charge on any atom is -0.481 e. The summed E-state index contributed by atoms with van der Waals surface area (Å²) >= 11 is 14.9. The van der Waals surface area contributed by atoms with E-state index >= 15 is 0 Å². The van der Waals surface area contributed by atoms with Crippen molar-refractivity contribution < 1.29 is 31.5 Å². The molecule has 0 aromatic rings. The summed E-state index contributed by atoms with van der Waals surface area (Å²) < 4.78 is 41.4. The number of carboxylic acid groups (broad SMARTS) is 1. The summed E-state index contributed by atoms with van der Waals surface area (Å²) in [5.74, 6) is -1.66. The molecule has 13 heteroatoms. The van der Waals surface area contributed by atoms with Crippen molar-refractivity contribution in [1.29, 1.82) is 0 Å². The van der Waals surface area contributed by atoms with Crippen LogP contribution in [0.25, 0.3) is 0 Å². The molecule has 7 nitrogen and oxygen atoms in total. The Morgan fingerprint density at radius 2 is 1.39 bits per heavy atom. The molecule has 0 aliphatic carbocycles. The number of carboxylic acids is 1. The molecular formula is C10H16Cl4O7S2. The molecule has 0 rings (SSSR count). The van der Waals surface area contributed by atoms with Crippen molar-refractivity contribution in [2.75, 3.05) is 29.0 Å². The molecule has 1 N–H and O–H groups in total. The number of carbonyl (C=O) groups excluding carboxylic acids is 1. The average molecular weight is 454 g/mol. The van der Waals surface area contributed by atoms with Crippen LogP contribution >= 0.6 is 45.5 Å². The number of hydrogen-bond donors (Lipinski definition) is 1. The summed E-state index contributed by atoms with van der Waals surface area (Å²) in [5, 5.41) is 7.64. The summed E-state index contributed by atoms with van der Waals surface area (Å²) in [7, 11) is -1.85. The van der Waals surface area contributed by atoms with Gasteiger partial charge in [-0.05, 0) is 17.7 Å². The minimum absolute atomic E-state index is 0.0158. The second-order valence-corrected chi connectivity index (χ2v) is 9.75. The number of rotatable bonds is 8. The highest BCUT2D eigenvalue weighted by Crippen LogP contribution is 1.95. The Morgan fingerprint density at radius 3 is 1.57 bits per heavy atom. The zero-order valence-corrected chi connectivity index (χ0v) is 16.4. The van der Waals surface area contributed by atoms with Gasteiger partial charge in [-0.2, -0.15) is 0 Å². The molecule has 0 aliphatic rings. The first-order chi connectivity index (χ1) is 10.3. The lowest BCUT2D eigenvalue weighted by molar-refractivity contribution is -0.136. The van der Waals surface area contributed by atoms with E-state index in [1.54, 1.807) is 0 Å². The number of alkyl halides is 2. The highest BCUT2D eigenvalue weighted by atomic mass is 35.7. The molecule has 0 aromatic carbocycles. The summed E-state index contributed by atoms with van der Waals surface area (Å²) in [6, 6.07) is 0. The number of aliphatic carboxylic acids is 1. The van der Waals surface area contributed by atoms with E-state index in [9.17, 15) is 26.4 Å². The molecule has 0 aromatic heterocycles. The predicted octanol–water partition coefficient (Wildman–Crippen LogP) is 1.85. The molecule has 0 saturated heterocycles. The van der Waals surface area contributed by atoms with E-state index in [-0.39, 0.29) is 35.4 Å². The van der Waals surface area contributed by atoms with Crippen LogP contribution in [-0.4, -0.2) is 62.2 Å². The number of allylic oxidation sites excluding steroid dienone is 1. The van der Waals surface area contributed by atoms with Crippen molar-refractivity contribution in [1.82, 2.24) is 0 Å². The third-order valence-electron chi connectivity index (χ3n) is 1.50. The predicted molar refractivity (Wildman–Crippen MR) is 93.0 cm³/mol. The van der Waals surface area contributed by atoms with Crippen molar-refractivity contribution in [3.05, 3.63) is 12.7 Å². The lowest BCUT2D eigenvalue weighted by Crippen LogP contribution is -2.14. The molecule has 0 fully saturated rings. The van der Waals surface area contributed by atoms with Crippen molar-refractivity contribution in [3.8, 4) is 0 Å². The average Bonchev–Trinajstić information content (AvgIpc) is 2.36. The fraction of sp³-hybridized carbons (Fsp3) is 0.600.